The highest BCUT2D eigenvalue weighted by Crippen LogP contribution is 2.20. The molecule has 0 aliphatic rings. The fourth-order valence-electron chi connectivity index (χ4n) is 1.53. The topological polar surface area (TPSA) is 134 Å². The van der Waals surface area contributed by atoms with E-state index in [0.29, 0.717) is 16.8 Å². The third kappa shape index (κ3) is 3.25. The molecule has 0 fully saturated rings. The molecule has 0 spiro atoms. The molecule has 0 saturated carbocycles. The molecule has 0 aliphatic heterocycles. The van der Waals surface area contributed by atoms with Crippen LogP contribution in [-0.4, -0.2) is 18.4 Å². The molecule has 0 unspecified atom stereocenters. The van der Waals surface area contributed by atoms with Crippen molar-refractivity contribution >= 4 is 21.7 Å². The fraction of sp³-hybridized carbons (Fsp3) is 0.0833. The maximum Gasteiger partial charge on any atom is 0.264 e. The van der Waals surface area contributed by atoms with Crippen LogP contribution in [0.2, 0.25) is 0 Å². The van der Waals surface area contributed by atoms with Crippen LogP contribution in [-0.2, 0) is 10.0 Å². The summed E-state index contributed by atoms with van der Waals surface area (Å²) in [6.45, 7) is 1.73. The van der Waals surface area contributed by atoms with Crippen LogP contribution in [0.15, 0.2) is 35.5 Å². The number of nitrogens with two attached hydrogens (primary N) is 1. The van der Waals surface area contributed by atoms with Crippen molar-refractivity contribution in [3.05, 3.63) is 41.7 Å². The van der Waals surface area contributed by atoms with Crippen LogP contribution < -0.4 is 16.0 Å². The van der Waals surface area contributed by atoms with E-state index in [4.69, 9.17) is 11.1 Å². The van der Waals surface area contributed by atoms with E-state index in [-0.39, 0.29) is 10.8 Å². The maximum atomic E-state index is 12.2. The van der Waals surface area contributed by atoms with Gasteiger partial charge in [-0.3, -0.25) is 10.1 Å². The second kappa shape index (κ2) is 5.74. The fourth-order valence-corrected chi connectivity index (χ4v) is 2.54. The number of aromatic nitrogens is 2. The molecule has 0 atom stereocenters. The highest BCUT2D eigenvalue weighted by molar-refractivity contribution is 7.92. The van der Waals surface area contributed by atoms with Gasteiger partial charge in [0, 0.05) is 0 Å². The summed E-state index contributed by atoms with van der Waals surface area (Å²) < 4.78 is 26.9. The smallest absolute Gasteiger partial charge is 0.264 e. The number of rotatable bonds is 4. The number of nitrogens with one attached hydrogen (secondary N) is 2. The van der Waals surface area contributed by atoms with Crippen molar-refractivity contribution in [1.82, 2.24) is 9.97 Å². The quantitative estimate of drug-likeness (QED) is 0.560. The second-order valence-electron chi connectivity index (χ2n) is 4.13. The molecule has 8 nitrogen and oxygen atoms in total. The molecule has 2 aromatic rings. The van der Waals surface area contributed by atoms with Gasteiger partial charge in [-0.15, -0.1) is 0 Å². The largest absolute Gasteiger partial charge is 0.292 e. The SMILES string of the molecule is Cc1ccc(C#N)cc1NS(=O)(=O)c1cnc(NN)nc1. The first-order chi connectivity index (χ1) is 9.96. The van der Waals surface area contributed by atoms with E-state index in [1.54, 1.807) is 19.1 Å². The van der Waals surface area contributed by atoms with Crippen molar-refractivity contribution in [3.63, 3.8) is 0 Å². The monoisotopic (exact) mass is 304 g/mol. The summed E-state index contributed by atoms with van der Waals surface area (Å²) in [5.41, 5.74) is 3.59. The van der Waals surface area contributed by atoms with Gasteiger partial charge in [0.25, 0.3) is 10.0 Å². The Kier molecular flexibility index (Phi) is 4.02. The first-order valence-corrected chi connectivity index (χ1v) is 7.27. The number of nitrogens with zero attached hydrogens (tertiary/aromatic N) is 3. The zero-order valence-electron chi connectivity index (χ0n) is 11.0. The van der Waals surface area contributed by atoms with E-state index in [1.165, 1.54) is 6.07 Å². The highest BCUT2D eigenvalue weighted by Gasteiger charge is 2.16. The summed E-state index contributed by atoms with van der Waals surface area (Å²) in [7, 11) is -3.84. The van der Waals surface area contributed by atoms with E-state index < -0.39 is 10.0 Å². The maximum absolute atomic E-state index is 12.2. The summed E-state index contributed by atoms with van der Waals surface area (Å²) >= 11 is 0. The van der Waals surface area contributed by atoms with Gasteiger partial charge < -0.3 is 0 Å². The van der Waals surface area contributed by atoms with Crippen molar-refractivity contribution in [1.29, 1.82) is 5.26 Å². The number of nitrogen functional groups attached to an aromatic ring is 1. The minimum absolute atomic E-state index is 0.108. The molecule has 1 heterocycles. The predicted molar refractivity (Wildman–Crippen MR) is 76.5 cm³/mol. The van der Waals surface area contributed by atoms with Gasteiger partial charge >= 0.3 is 0 Å². The van der Waals surface area contributed by atoms with Gasteiger partial charge in [0.05, 0.1) is 29.7 Å². The number of anilines is 2. The third-order valence-corrected chi connectivity index (χ3v) is 4.00. The van der Waals surface area contributed by atoms with Crippen molar-refractivity contribution < 1.29 is 8.42 Å². The highest BCUT2D eigenvalue weighted by atomic mass is 32.2. The average Bonchev–Trinajstić information content (AvgIpc) is 2.49. The van der Waals surface area contributed by atoms with E-state index in [0.717, 1.165) is 12.4 Å². The first kappa shape index (κ1) is 14.7. The normalized spacial score (nSPS) is 10.7. The zero-order chi connectivity index (χ0) is 15.5. The minimum Gasteiger partial charge on any atom is -0.292 e. The zero-order valence-corrected chi connectivity index (χ0v) is 11.8. The molecule has 108 valence electrons. The number of nitriles is 1. The number of sulfonamides is 1. The van der Waals surface area contributed by atoms with Crippen LogP contribution in [0, 0.1) is 18.3 Å². The van der Waals surface area contributed by atoms with Crippen molar-refractivity contribution in [3.8, 4) is 6.07 Å². The Hall–Kier alpha value is -2.70. The Morgan fingerprint density at radius 1 is 1.29 bits per heavy atom. The van der Waals surface area contributed by atoms with Crippen LogP contribution >= 0.6 is 0 Å². The van der Waals surface area contributed by atoms with Crippen LogP contribution in [0.4, 0.5) is 11.6 Å². The van der Waals surface area contributed by atoms with Gasteiger partial charge in [0.15, 0.2) is 0 Å². The molecule has 0 bridgehead atoms. The Morgan fingerprint density at radius 2 is 1.95 bits per heavy atom. The van der Waals surface area contributed by atoms with E-state index in [2.05, 4.69) is 20.1 Å². The van der Waals surface area contributed by atoms with Gasteiger partial charge in [-0.05, 0) is 24.6 Å². The Morgan fingerprint density at radius 3 is 2.52 bits per heavy atom. The van der Waals surface area contributed by atoms with Crippen molar-refractivity contribution in [2.75, 3.05) is 10.1 Å². The molecule has 1 aromatic carbocycles. The number of hydrogen-bond acceptors (Lipinski definition) is 7. The number of hydrazine groups is 1. The van der Waals surface area contributed by atoms with Gasteiger partial charge in [0.1, 0.15) is 4.90 Å². The molecule has 0 amide bonds. The van der Waals surface area contributed by atoms with E-state index in [9.17, 15) is 8.42 Å². The lowest BCUT2D eigenvalue weighted by Crippen LogP contribution is -2.16. The van der Waals surface area contributed by atoms with Crippen LogP contribution in [0.3, 0.4) is 0 Å². The van der Waals surface area contributed by atoms with Gasteiger partial charge in [-0.1, -0.05) is 6.07 Å². The summed E-state index contributed by atoms with van der Waals surface area (Å²) in [6.07, 6.45) is 2.27. The van der Waals surface area contributed by atoms with Crippen molar-refractivity contribution in [2.24, 2.45) is 5.84 Å². The molecular formula is C12H12N6O2S. The van der Waals surface area contributed by atoms with Gasteiger partial charge in [0.2, 0.25) is 5.95 Å². The second-order valence-corrected chi connectivity index (χ2v) is 5.82. The third-order valence-electron chi connectivity index (χ3n) is 2.68. The first-order valence-electron chi connectivity index (χ1n) is 5.78. The lowest BCUT2D eigenvalue weighted by atomic mass is 10.1. The molecule has 0 saturated heterocycles. The van der Waals surface area contributed by atoms with Crippen LogP contribution in [0.5, 0.6) is 0 Å². The van der Waals surface area contributed by atoms with Gasteiger partial charge in [-0.2, -0.15) is 5.26 Å². The molecule has 0 radical (unpaired) electrons. The van der Waals surface area contributed by atoms with Crippen LogP contribution in [0.25, 0.3) is 0 Å². The lowest BCUT2D eigenvalue weighted by Gasteiger charge is -2.10. The number of aryl methyl sites for hydroxylation is 1. The molecule has 9 heteroatoms. The lowest BCUT2D eigenvalue weighted by molar-refractivity contribution is 0.600. The van der Waals surface area contributed by atoms with E-state index >= 15 is 0 Å². The Labute approximate surface area is 121 Å². The summed E-state index contributed by atoms with van der Waals surface area (Å²) in [6, 6.07) is 6.69. The standard InChI is InChI=1S/C12H12N6O2S/c1-8-2-3-9(5-13)4-11(8)18-21(19,20)10-6-15-12(17-14)16-7-10/h2-4,6-7,18H,14H2,1H3,(H,15,16,17). The molecule has 2 rings (SSSR count). The number of hydrogen-bond donors (Lipinski definition) is 3. The predicted octanol–water partition coefficient (Wildman–Crippen LogP) is 0.743. The van der Waals surface area contributed by atoms with Crippen molar-refractivity contribution in [2.45, 2.75) is 11.8 Å². The van der Waals surface area contributed by atoms with E-state index in [1.807, 2.05) is 6.07 Å². The minimum atomic E-state index is -3.84. The molecule has 21 heavy (non-hydrogen) atoms. The summed E-state index contributed by atoms with van der Waals surface area (Å²) in [5, 5.41) is 8.86. The Bertz CT molecular complexity index is 795. The van der Waals surface area contributed by atoms with Gasteiger partial charge in [-0.25, -0.2) is 24.2 Å². The molecule has 4 N–H and O–H groups in total. The molecule has 1 aromatic heterocycles. The average molecular weight is 304 g/mol. The summed E-state index contributed by atoms with van der Waals surface area (Å²) in [4.78, 5) is 7.38. The van der Waals surface area contributed by atoms with Crippen LogP contribution in [0.1, 0.15) is 11.1 Å². The molecular weight excluding hydrogens is 292 g/mol. The Balaban J connectivity index is 2.35. The summed E-state index contributed by atoms with van der Waals surface area (Å²) in [5.74, 6) is 5.22. The number of benzene rings is 1. The molecule has 0 aliphatic carbocycles.